The predicted molar refractivity (Wildman–Crippen MR) is 101 cm³/mol. The minimum absolute atomic E-state index is 0.334. The average molecular weight is 307 g/mol. The number of anilines is 1. The van der Waals surface area contributed by atoms with Crippen LogP contribution in [0.15, 0.2) is 71.8 Å². The lowest BCUT2D eigenvalue weighted by molar-refractivity contribution is 0.381. The Hall–Kier alpha value is -2.39. The van der Waals surface area contributed by atoms with Crippen LogP contribution in [0.1, 0.15) is 12.5 Å². The van der Waals surface area contributed by atoms with Crippen LogP contribution in [0.25, 0.3) is 6.08 Å². The fourth-order valence-corrected chi connectivity index (χ4v) is 2.34. The topological polar surface area (TPSA) is 27.6 Å². The SMILES string of the molecule is C[C@@H](CN(C)C)C(/C=C\c1ccccc1)=N\Nc1ccccc1. The Bertz CT molecular complexity index is 630. The summed E-state index contributed by atoms with van der Waals surface area (Å²) in [5, 5.41) is 4.62. The highest BCUT2D eigenvalue weighted by Crippen LogP contribution is 2.09. The minimum atomic E-state index is 0.334. The van der Waals surface area contributed by atoms with Gasteiger partial charge in [-0.25, -0.2) is 0 Å². The predicted octanol–water partition coefficient (Wildman–Crippen LogP) is 4.37. The van der Waals surface area contributed by atoms with E-state index in [1.165, 1.54) is 5.56 Å². The lowest BCUT2D eigenvalue weighted by atomic mass is 10.0. The van der Waals surface area contributed by atoms with Crippen LogP contribution >= 0.6 is 0 Å². The molecule has 3 heteroatoms. The minimum Gasteiger partial charge on any atom is -0.309 e. The molecule has 3 nitrogen and oxygen atoms in total. The van der Waals surface area contributed by atoms with Gasteiger partial charge in [0.2, 0.25) is 0 Å². The van der Waals surface area contributed by atoms with Crippen molar-refractivity contribution in [2.45, 2.75) is 6.92 Å². The first-order valence-corrected chi connectivity index (χ1v) is 7.91. The smallest absolute Gasteiger partial charge is 0.0648 e. The van der Waals surface area contributed by atoms with Gasteiger partial charge in [-0.05, 0) is 37.9 Å². The van der Waals surface area contributed by atoms with Crippen molar-refractivity contribution in [2.75, 3.05) is 26.1 Å². The van der Waals surface area contributed by atoms with Gasteiger partial charge in [0, 0.05) is 12.5 Å². The standard InChI is InChI=1S/C20H25N3/c1-17(16-23(2)3)20(15-14-18-10-6-4-7-11-18)22-21-19-12-8-5-9-13-19/h4-15,17,21H,16H2,1-3H3/b15-14-,22-20-/t17-/m0/s1. The maximum atomic E-state index is 4.62. The third kappa shape index (κ3) is 6.09. The lowest BCUT2D eigenvalue weighted by Crippen LogP contribution is -2.25. The summed E-state index contributed by atoms with van der Waals surface area (Å²) in [6, 6.07) is 20.3. The van der Waals surface area contributed by atoms with Crippen molar-refractivity contribution < 1.29 is 0 Å². The highest BCUT2D eigenvalue weighted by atomic mass is 15.3. The van der Waals surface area contributed by atoms with Crippen LogP contribution in [-0.4, -0.2) is 31.3 Å². The summed E-state index contributed by atoms with van der Waals surface area (Å²) in [4.78, 5) is 2.18. The van der Waals surface area contributed by atoms with E-state index < -0.39 is 0 Å². The Morgan fingerprint density at radius 3 is 2.26 bits per heavy atom. The highest BCUT2D eigenvalue weighted by Gasteiger charge is 2.09. The molecule has 0 fully saturated rings. The van der Waals surface area contributed by atoms with Crippen LogP contribution in [0.5, 0.6) is 0 Å². The molecule has 0 bridgehead atoms. The van der Waals surface area contributed by atoms with Crippen LogP contribution < -0.4 is 5.43 Å². The molecule has 2 aromatic carbocycles. The average Bonchev–Trinajstić information content (AvgIpc) is 2.56. The molecular formula is C20H25N3. The van der Waals surface area contributed by atoms with Gasteiger partial charge >= 0.3 is 0 Å². The molecule has 0 aliphatic rings. The first kappa shape index (κ1) is 17.0. The second-order valence-electron chi connectivity index (χ2n) is 5.92. The van der Waals surface area contributed by atoms with Crippen molar-refractivity contribution in [3.63, 3.8) is 0 Å². The Labute approximate surface area is 139 Å². The van der Waals surface area contributed by atoms with Crippen LogP contribution in [0.3, 0.4) is 0 Å². The van der Waals surface area contributed by atoms with Gasteiger partial charge in [0.25, 0.3) is 0 Å². The van der Waals surface area contributed by atoms with Crippen molar-refractivity contribution in [3.05, 3.63) is 72.3 Å². The third-order valence-electron chi connectivity index (χ3n) is 3.48. The Morgan fingerprint density at radius 2 is 1.65 bits per heavy atom. The number of nitrogens with zero attached hydrogens (tertiary/aromatic N) is 2. The maximum Gasteiger partial charge on any atom is 0.0648 e. The van der Waals surface area contributed by atoms with Crippen LogP contribution in [0.4, 0.5) is 5.69 Å². The van der Waals surface area contributed by atoms with E-state index in [0.717, 1.165) is 17.9 Å². The van der Waals surface area contributed by atoms with Gasteiger partial charge in [0.05, 0.1) is 11.4 Å². The van der Waals surface area contributed by atoms with E-state index in [-0.39, 0.29) is 0 Å². The summed E-state index contributed by atoms with van der Waals surface area (Å²) in [6.07, 6.45) is 4.21. The fourth-order valence-electron chi connectivity index (χ4n) is 2.34. The van der Waals surface area contributed by atoms with Gasteiger partial charge < -0.3 is 4.90 Å². The molecule has 1 atom stereocenters. The summed E-state index contributed by atoms with van der Waals surface area (Å²) in [5.74, 6) is 0.334. The largest absolute Gasteiger partial charge is 0.309 e. The molecule has 0 aliphatic carbocycles. The molecule has 23 heavy (non-hydrogen) atoms. The Morgan fingerprint density at radius 1 is 1.04 bits per heavy atom. The molecule has 0 amide bonds. The molecular weight excluding hydrogens is 282 g/mol. The van der Waals surface area contributed by atoms with E-state index in [0.29, 0.717) is 5.92 Å². The van der Waals surface area contributed by atoms with Crippen LogP contribution in [-0.2, 0) is 0 Å². The van der Waals surface area contributed by atoms with E-state index in [2.05, 4.69) is 60.7 Å². The summed E-state index contributed by atoms with van der Waals surface area (Å²) in [5.41, 5.74) is 6.36. The molecule has 2 rings (SSSR count). The normalized spacial score (nSPS) is 13.5. The first-order chi connectivity index (χ1) is 11.1. The molecule has 1 N–H and O–H groups in total. The van der Waals surface area contributed by atoms with Crippen LogP contribution in [0.2, 0.25) is 0 Å². The molecule has 0 heterocycles. The molecule has 0 aromatic heterocycles. The molecule has 0 spiro atoms. The monoisotopic (exact) mass is 307 g/mol. The van der Waals surface area contributed by atoms with E-state index in [1.54, 1.807) is 0 Å². The van der Waals surface area contributed by atoms with Gasteiger partial charge in [-0.3, -0.25) is 5.43 Å². The number of hydrazone groups is 1. The summed E-state index contributed by atoms with van der Waals surface area (Å²) in [7, 11) is 4.17. The van der Waals surface area contributed by atoms with E-state index >= 15 is 0 Å². The van der Waals surface area contributed by atoms with Gasteiger partial charge in [0.1, 0.15) is 0 Å². The zero-order valence-corrected chi connectivity index (χ0v) is 14.1. The van der Waals surface area contributed by atoms with Gasteiger partial charge in [-0.15, -0.1) is 0 Å². The zero-order valence-electron chi connectivity index (χ0n) is 14.1. The number of hydrogen-bond acceptors (Lipinski definition) is 3. The molecule has 0 radical (unpaired) electrons. The number of rotatable bonds is 7. The molecule has 2 aromatic rings. The summed E-state index contributed by atoms with van der Waals surface area (Å²) in [6.45, 7) is 3.15. The molecule has 0 aliphatic heterocycles. The lowest BCUT2D eigenvalue weighted by Gasteiger charge is -2.17. The Balaban J connectivity index is 2.15. The number of allylic oxidation sites excluding steroid dienone is 1. The zero-order chi connectivity index (χ0) is 16.5. The van der Waals surface area contributed by atoms with E-state index in [9.17, 15) is 0 Å². The van der Waals surface area contributed by atoms with Gasteiger partial charge in [-0.1, -0.05) is 61.5 Å². The first-order valence-electron chi connectivity index (χ1n) is 7.91. The molecule has 0 saturated heterocycles. The van der Waals surface area contributed by atoms with Crippen molar-refractivity contribution in [2.24, 2.45) is 11.0 Å². The number of benzene rings is 2. The number of hydrogen-bond donors (Lipinski definition) is 1. The van der Waals surface area contributed by atoms with Gasteiger partial charge in [-0.2, -0.15) is 5.10 Å². The fraction of sp³-hybridized carbons (Fsp3) is 0.250. The Kier molecular flexibility index (Phi) is 6.57. The van der Waals surface area contributed by atoms with Crippen molar-refractivity contribution >= 4 is 17.5 Å². The maximum absolute atomic E-state index is 4.62. The van der Waals surface area contributed by atoms with Crippen molar-refractivity contribution in [1.29, 1.82) is 0 Å². The van der Waals surface area contributed by atoms with Crippen LogP contribution in [0, 0.1) is 5.92 Å². The summed E-state index contributed by atoms with van der Waals surface area (Å²) >= 11 is 0. The number of nitrogens with one attached hydrogen (secondary N) is 1. The highest BCUT2D eigenvalue weighted by molar-refractivity contribution is 6.00. The number of para-hydroxylation sites is 1. The molecule has 0 unspecified atom stereocenters. The molecule has 120 valence electrons. The quantitative estimate of drug-likeness (QED) is 0.608. The van der Waals surface area contributed by atoms with Crippen molar-refractivity contribution in [3.8, 4) is 0 Å². The second kappa shape index (κ2) is 8.91. The van der Waals surface area contributed by atoms with Gasteiger partial charge in [0.15, 0.2) is 0 Å². The third-order valence-corrected chi connectivity index (χ3v) is 3.48. The van der Waals surface area contributed by atoms with E-state index in [4.69, 9.17) is 0 Å². The van der Waals surface area contributed by atoms with E-state index in [1.807, 2.05) is 48.5 Å². The molecule has 0 saturated carbocycles. The second-order valence-corrected chi connectivity index (χ2v) is 5.92. The summed E-state index contributed by atoms with van der Waals surface area (Å²) < 4.78 is 0. The van der Waals surface area contributed by atoms with Crippen molar-refractivity contribution in [1.82, 2.24) is 4.90 Å².